The molecular formula is C25H25N3O3S. The second kappa shape index (κ2) is 11.1. The molecule has 2 N–H and O–H groups in total. The minimum Gasteiger partial charge on any atom is -0.493 e. The van der Waals surface area contributed by atoms with E-state index in [-0.39, 0.29) is 16.9 Å². The highest BCUT2D eigenvalue weighted by Crippen LogP contribution is 2.15. The summed E-state index contributed by atoms with van der Waals surface area (Å²) in [6.07, 6.45) is 0.782. The van der Waals surface area contributed by atoms with Crippen LogP contribution in [-0.4, -0.2) is 42.5 Å². The Morgan fingerprint density at radius 1 is 0.906 bits per heavy atom. The smallest absolute Gasteiger partial charge is 0.257 e. The highest BCUT2D eigenvalue weighted by Gasteiger charge is 2.11. The zero-order valence-electron chi connectivity index (χ0n) is 18.0. The Bertz CT molecular complexity index is 1080. The lowest BCUT2D eigenvalue weighted by molar-refractivity contribution is 0.0827. The van der Waals surface area contributed by atoms with Gasteiger partial charge in [0.05, 0.1) is 6.61 Å². The van der Waals surface area contributed by atoms with Crippen molar-refractivity contribution in [3.63, 3.8) is 0 Å². The van der Waals surface area contributed by atoms with Crippen molar-refractivity contribution in [1.29, 1.82) is 0 Å². The molecule has 0 aliphatic heterocycles. The van der Waals surface area contributed by atoms with E-state index in [0.29, 0.717) is 29.2 Å². The van der Waals surface area contributed by atoms with Crippen LogP contribution >= 0.6 is 12.2 Å². The number of thiocarbonyl (C=S) groups is 1. The number of carbonyl (C=O) groups excluding carboxylic acids is 2. The van der Waals surface area contributed by atoms with Crippen LogP contribution in [0.15, 0.2) is 78.9 Å². The van der Waals surface area contributed by atoms with Gasteiger partial charge in [-0.15, -0.1) is 0 Å². The average Bonchev–Trinajstić information content (AvgIpc) is 2.80. The SMILES string of the molecule is CN(C)C(=O)c1ccc(NC(=S)NC(=O)c2cccc(OCCc3ccccc3)c2)cc1. The van der Waals surface area contributed by atoms with E-state index in [1.165, 1.54) is 10.5 Å². The Hall–Kier alpha value is -3.71. The first-order chi connectivity index (χ1) is 15.4. The monoisotopic (exact) mass is 447 g/mol. The summed E-state index contributed by atoms with van der Waals surface area (Å²) in [4.78, 5) is 26.0. The van der Waals surface area contributed by atoms with Crippen LogP contribution in [-0.2, 0) is 6.42 Å². The first-order valence-corrected chi connectivity index (χ1v) is 10.5. The summed E-state index contributed by atoms with van der Waals surface area (Å²) in [6, 6.07) is 23.9. The third-order valence-electron chi connectivity index (χ3n) is 4.62. The molecule has 0 aliphatic carbocycles. The van der Waals surface area contributed by atoms with E-state index in [0.717, 1.165) is 6.42 Å². The summed E-state index contributed by atoms with van der Waals surface area (Å²) < 4.78 is 5.79. The molecule has 0 saturated carbocycles. The van der Waals surface area contributed by atoms with Gasteiger partial charge in [0.1, 0.15) is 5.75 Å². The van der Waals surface area contributed by atoms with Crippen molar-refractivity contribution in [2.75, 3.05) is 26.0 Å². The molecule has 6 nitrogen and oxygen atoms in total. The number of ether oxygens (including phenoxy) is 1. The maximum Gasteiger partial charge on any atom is 0.257 e. The van der Waals surface area contributed by atoms with Gasteiger partial charge in [-0.2, -0.15) is 0 Å². The number of anilines is 1. The summed E-state index contributed by atoms with van der Waals surface area (Å²) in [5.41, 5.74) is 2.87. The molecule has 0 bridgehead atoms. The third-order valence-corrected chi connectivity index (χ3v) is 4.83. The standard InChI is InChI=1S/C25H25N3O3S/c1-28(2)24(30)19-11-13-21(14-12-19)26-25(32)27-23(29)20-9-6-10-22(17-20)31-16-15-18-7-4-3-5-8-18/h3-14,17H,15-16H2,1-2H3,(H2,26,27,29,32). The number of nitrogens with zero attached hydrogens (tertiary/aromatic N) is 1. The van der Waals surface area contributed by atoms with Crippen molar-refractivity contribution >= 4 is 34.8 Å². The number of hydrogen-bond acceptors (Lipinski definition) is 4. The molecular weight excluding hydrogens is 422 g/mol. The van der Waals surface area contributed by atoms with E-state index in [1.54, 1.807) is 56.6 Å². The number of benzene rings is 3. The maximum atomic E-state index is 12.6. The molecule has 0 heterocycles. The molecule has 0 unspecified atom stereocenters. The average molecular weight is 448 g/mol. The molecule has 3 aromatic rings. The van der Waals surface area contributed by atoms with Crippen LogP contribution in [0.2, 0.25) is 0 Å². The Kier molecular flexibility index (Phi) is 7.94. The zero-order chi connectivity index (χ0) is 22.9. The van der Waals surface area contributed by atoms with Crippen molar-refractivity contribution in [3.8, 4) is 5.75 Å². The minimum atomic E-state index is -0.338. The second-order valence-corrected chi connectivity index (χ2v) is 7.71. The van der Waals surface area contributed by atoms with Crippen molar-refractivity contribution in [1.82, 2.24) is 10.2 Å². The van der Waals surface area contributed by atoms with E-state index < -0.39 is 0 Å². The third kappa shape index (κ3) is 6.65. The molecule has 32 heavy (non-hydrogen) atoms. The van der Waals surface area contributed by atoms with E-state index >= 15 is 0 Å². The van der Waals surface area contributed by atoms with Gasteiger partial charge in [0.2, 0.25) is 0 Å². The lowest BCUT2D eigenvalue weighted by Gasteiger charge is -2.12. The molecule has 0 saturated heterocycles. The van der Waals surface area contributed by atoms with Crippen LogP contribution in [0.3, 0.4) is 0 Å². The van der Waals surface area contributed by atoms with Gasteiger partial charge in [0, 0.05) is 37.3 Å². The van der Waals surface area contributed by atoms with E-state index in [2.05, 4.69) is 22.8 Å². The van der Waals surface area contributed by atoms with Crippen LogP contribution in [0.4, 0.5) is 5.69 Å². The highest BCUT2D eigenvalue weighted by molar-refractivity contribution is 7.80. The number of amides is 2. The number of carbonyl (C=O) groups is 2. The predicted molar refractivity (Wildman–Crippen MR) is 130 cm³/mol. The number of hydrogen-bond donors (Lipinski definition) is 2. The fourth-order valence-corrected chi connectivity index (χ4v) is 3.16. The van der Waals surface area contributed by atoms with E-state index in [4.69, 9.17) is 17.0 Å². The van der Waals surface area contributed by atoms with Gasteiger partial charge in [0.15, 0.2) is 5.11 Å². The van der Waals surface area contributed by atoms with Gasteiger partial charge in [-0.3, -0.25) is 14.9 Å². The van der Waals surface area contributed by atoms with Gasteiger partial charge in [0.25, 0.3) is 11.8 Å². The molecule has 0 radical (unpaired) electrons. The summed E-state index contributed by atoms with van der Waals surface area (Å²) in [5.74, 6) is 0.197. The van der Waals surface area contributed by atoms with Gasteiger partial charge in [-0.25, -0.2) is 0 Å². The normalized spacial score (nSPS) is 10.2. The fourth-order valence-electron chi connectivity index (χ4n) is 2.95. The van der Waals surface area contributed by atoms with E-state index in [9.17, 15) is 9.59 Å². The lowest BCUT2D eigenvalue weighted by atomic mass is 10.2. The first kappa shape index (κ1) is 23.0. The molecule has 0 spiro atoms. The van der Waals surface area contributed by atoms with Gasteiger partial charge in [-0.05, 0) is 60.2 Å². The van der Waals surface area contributed by atoms with Gasteiger partial charge >= 0.3 is 0 Å². The highest BCUT2D eigenvalue weighted by atomic mass is 32.1. The largest absolute Gasteiger partial charge is 0.493 e. The van der Waals surface area contributed by atoms with Gasteiger partial charge < -0.3 is 15.0 Å². The molecule has 2 amide bonds. The topological polar surface area (TPSA) is 70.7 Å². The Labute approximate surface area is 193 Å². The van der Waals surface area contributed by atoms with Gasteiger partial charge in [-0.1, -0.05) is 36.4 Å². The second-order valence-electron chi connectivity index (χ2n) is 7.30. The Balaban J connectivity index is 1.52. The Morgan fingerprint density at radius 3 is 2.31 bits per heavy atom. The van der Waals surface area contributed by atoms with Crippen molar-refractivity contribution in [2.24, 2.45) is 0 Å². The molecule has 0 atom stereocenters. The van der Waals surface area contributed by atoms with Crippen LogP contribution in [0.5, 0.6) is 5.75 Å². The number of nitrogens with one attached hydrogen (secondary N) is 2. The molecule has 7 heteroatoms. The fraction of sp³-hybridized carbons (Fsp3) is 0.160. The molecule has 0 fully saturated rings. The molecule has 0 aromatic heterocycles. The van der Waals surface area contributed by atoms with Crippen molar-refractivity contribution in [2.45, 2.75) is 6.42 Å². The van der Waals surface area contributed by atoms with Crippen LogP contribution in [0.1, 0.15) is 26.3 Å². The summed E-state index contributed by atoms with van der Waals surface area (Å²) >= 11 is 5.25. The van der Waals surface area contributed by atoms with Crippen molar-refractivity contribution in [3.05, 3.63) is 95.6 Å². The first-order valence-electron chi connectivity index (χ1n) is 10.1. The summed E-state index contributed by atoms with van der Waals surface area (Å²) in [7, 11) is 3.39. The molecule has 0 aliphatic rings. The van der Waals surface area contributed by atoms with Crippen molar-refractivity contribution < 1.29 is 14.3 Å². The summed E-state index contributed by atoms with van der Waals surface area (Å²) in [5, 5.41) is 5.77. The van der Waals surface area contributed by atoms with Crippen LogP contribution in [0.25, 0.3) is 0 Å². The van der Waals surface area contributed by atoms with Crippen LogP contribution in [0, 0.1) is 0 Å². The molecule has 3 aromatic carbocycles. The lowest BCUT2D eigenvalue weighted by Crippen LogP contribution is -2.34. The molecule has 3 rings (SSSR count). The quantitative estimate of drug-likeness (QED) is 0.533. The predicted octanol–water partition coefficient (Wildman–Crippen LogP) is 4.14. The van der Waals surface area contributed by atoms with E-state index in [1.807, 2.05) is 24.3 Å². The minimum absolute atomic E-state index is 0.0849. The zero-order valence-corrected chi connectivity index (χ0v) is 18.8. The Morgan fingerprint density at radius 2 is 1.62 bits per heavy atom. The molecule has 164 valence electrons. The van der Waals surface area contributed by atoms with Crippen LogP contribution < -0.4 is 15.4 Å². The maximum absolute atomic E-state index is 12.6. The number of rotatable bonds is 7. The summed E-state index contributed by atoms with van der Waals surface area (Å²) in [6.45, 7) is 0.515.